The van der Waals surface area contributed by atoms with Gasteiger partial charge in [-0.05, 0) is 36.2 Å². The normalized spacial score (nSPS) is 45.9. The number of aliphatic hydroxyl groups excluding tert-OH is 2. The Balaban J connectivity index is 1.14. The molecule has 0 aliphatic carbocycles. The van der Waals surface area contributed by atoms with E-state index in [1.165, 1.54) is 0 Å². The maximum absolute atomic E-state index is 10.7. The minimum Gasteiger partial charge on any atom is -0.394 e. The summed E-state index contributed by atoms with van der Waals surface area (Å²) in [6, 6.07) is 10.1. The Morgan fingerprint density at radius 2 is 0.824 bits per heavy atom. The Kier molecular flexibility index (Phi) is 21.3. The topological polar surface area (TPSA) is 179 Å². The number of hydrogen-bond donors (Lipinski definition) is 2. The number of ether oxygens (including phenoxy) is 15. The lowest BCUT2D eigenvalue weighted by molar-refractivity contribution is -0.376. The molecule has 0 radical (unpaired) electrons. The van der Waals surface area contributed by atoms with Crippen LogP contribution >= 0.6 is 0 Å². The van der Waals surface area contributed by atoms with Crippen molar-refractivity contribution in [1.82, 2.24) is 0 Å². The standard InChI is InChI=1S/C51H86O17/c1-26-28(3)42(40(60-34(26)9)25-59-21-35-18-16-15-17-19-35)67-50-46(57-13)33(8)45(39(63-50)24-56-12)66-49-31(6)29(4)43(37(62-49)22-54-10)68-51-47(58-14)32(7)44(38(64-51)23-55-11)65-48-30(5)27(2)41(53)36(20-52)61-48/h15-19,26-34,36-53H,20-25H2,1-14H3/t26?,27-,28-,29?,30?,31?,32+,33?,34+,36?,37+,38?,39+,40?,41+,42+,43+,44+,45+,46?,47?,48-,49-,50+,51+/m1/s1. The van der Waals surface area contributed by atoms with Gasteiger partial charge in [0.1, 0.15) is 42.7 Å². The van der Waals surface area contributed by atoms with Crippen LogP contribution in [0.5, 0.6) is 0 Å². The summed E-state index contributed by atoms with van der Waals surface area (Å²) in [6.07, 6.45) is -9.29. The van der Waals surface area contributed by atoms with Gasteiger partial charge < -0.3 is 81.3 Å². The highest BCUT2D eigenvalue weighted by Gasteiger charge is 2.54. The molecule has 0 spiro atoms. The molecule has 5 heterocycles. The highest BCUT2D eigenvalue weighted by molar-refractivity contribution is 5.13. The van der Waals surface area contributed by atoms with Crippen molar-refractivity contribution in [2.75, 3.05) is 68.6 Å². The summed E-state index contributed by atoms with van der Waals surface area (Å²) in [5, 5.41) is 20.7. The SMILES string of the molecule is COCC1O[C@@H](O[C@H]2C(C)C(C)[C@@H](O[C@H]3C(C)C(OC)[C@H](O[C@@H]4C(COCc5ccccc5)O[C@@H](C)C(C)[C@H]4C)O[C@H]3COC)O[C@H]2COC)C(OC)[C@@H](C)[C@@H]1O[C@H]1OC(CO)[C@@H](O)[C@H](C)C1C. The first-order valence-corrected chi connectivity index (χ1v) is 24.9. The highest BCUT2D eigenvalue weighted by Crippen LogP contribution is 2.43. The van der Waals surface area contributed by atoms with Crippen molar-refractivity contribution in [3.05, 3.63) is 35.9 Å². The van der Waals surface area contributed by atoms with Gasteiger partial charge in [0.05, 0.1) is 76.3 Å². The van der Waals surface area contributed by atoms with Crippen molar-refractivity contribution in [1.29, 1.82) is 0 Å². The highest BCUT2D eigenvalue weighted by atomic mass is 16.8. The Bertz CT molecular complexity index is 1590. The number of rotatable bonds is 21. The first kappa shape index (κ1) is 55.8. The molecule has 0 saturated carbocycles. The lowest BCUT2D eigenvalue weighted by Crippen LogP contribution is -2.63. The summed E-state index contributed by atoms with van der Waals surface area (Å²) in [5.74, 6) is -0.672. The van der Waals surface area contributed by atoms with Crippen molar-refractivity contribution in [3.8, 4) is 0 Å². The van der Waals surface area contributed by atoms with Crippen LogP contribution in [0.15, 0.2) is 30.3 Å². The van der Waals surface area contributed by atoms with Gasteiger partial charge in [-0.15, -0.1) is 0 Å². The second-order valence-corrected chi connectivity index (χ2v) is 20.3. The number of benzene rings is 1. The number of hydrogen-bond acceptors (Lipinski definition) is 17. The monoisotopic (exact) mass is 971 g/mol. The molecule has 6 rings (SSSR count). The average Bonchev–Trinajstić information content (AvgIpc) is 3.32. The van der Waals surface area contributed by atoms with Crippen LogP contribution in [0, 0.1) is 47.3 Å². The quantitative estimate of drug-likeness (QED) is 0.171. The van der Waals surface area contributed by atoms with Gasteiger partial charge in [0.2, 0.25) is 0 Å². The Labute approximate surface area is 405 Å². The third-order valence-electron chi connectivity index (χ3n) is 16.0. The Morgan fingerprint density at radius 1 is 0.426 bits per heavy atom. The second kappa shape index (κ2) is 26.0. The first-order chi connectivity index (χ1) is 32.6. The zero-order valence-corrected chi connectivity index (χ0v) is 43.1. The van der Waals surface area contributed by atoms with Gasteiger partial charge in [-0.2, -0.15) is 0 Å². The summed E-state index contributed by atoms with van der Waals surface area (Å²) in [4.78, 5) is 0. The maximum atomic E-state index is 10.7. The summed E-state index contributed by atoms with van der Waals surface area (Å²) in [5.41, 5.74) is 1.09. The molecule has 1 aromatic rings. The summed E-state index contributed by atoms with van der Waals surface area (Å²) in [6.45, 7) is 20.0. The van der Waals surface area contributed by atoms with E-state index in [-0.39, 0.29) is 92.1 Å². The van der Waals surface area contributed by atoms with Crippen molar-refractivity contribution in [2.45, 2.75) is 173 Å². The van der Waals surface area contributed by atoms with Gasteiger partial charge in [0, 0.05) is 59.2 Å². The van der Waals surface area contributed by atoms with Crippen molar-refractivity contribution in [2.24, 2.45) is 47.3 Å². The van der Waals surface area contributed by atoms with E-state index in [2.05, 4.69) is 53.7 Å². The zero-order valence-electron chi connectivity index (χ0n) is 43.1. The van der Waals surface area contributed by atoms with Crippen LogP contribution in [-0.2, 0) is 77.7 Å². The summed E-state index contributed by atoms with van der Waals surface area (Å²) >= 11 is 0. The van der Waals surface area contributed by atoms with E-state index in [1.54, 1.807) is 35.5 Å². The number of aliphatic hydroxyl groups is 2. The maximum Gasteiger partial charge on any atom is 0.185 e. The van der Waals surface area contributed by atoms with Crippen LogP contribution in [0.3, 0.4) is 0 Å². The van der Waals surface area contributed by atoms with Gasteiger partial charge in [0.25, 0.3) is 0 Å². The fourth-order valence-electron chi connectivity index (χ4n) is 11.0. The van der Waals surface area contributed by atoms with E-state index in [0.717, 1.165) is 5.56 Å². The van der Waals surface area contributed by atoms with Crippen LogP contribution in [0.25, 0.3) is 0 Å². The van der Waals surface area contributed by atoms with Gasteiger partial charge in [-0.3, -0.25) is 0 Å². The van der Waals surface area contributed by atoms with Crippen LogP contribution in [0.1, 0.15) is 67.9 Å². The Hall–Kier alpha value is -1.46. The molecular weight excluding hydrogens is 885 g/mol. The second-order valence-electron chi connectivity index (χ2n) is 20.3. The molecule has 0 amide bonds. The van der Waals surface area contributed by atoms with E-state index in [4.69, 9.17) is 71.1 Å². The minimum atomic E-state index is -0.818. The van der Waals surface area contributed by atoms with Crippen molar-refractivity contribution in [3.63, 3.8) is 0 Å². The van der Waals surface area contributed by atoms with E-state index >= 15 is 0 Å². The molecule has 0 aromatic heterocycles. The molecule has 1 aromatic carbocycles. The molecule has 5 aliphatic rings. The van der Waals surface area contributed by atoms with E-state index in [0.29, 0.717) is 13.2 Å². The predicted octanol–water partition coefficient (Wildman–Crippen LogP) is 4.84. The minimum absolute atomic E-state index is 0.0268. The molecule has 2 N–H and O–H groups in total. The molecule has 25 atom stereocenters. The largest absolute Gasteiger partial charge is 0.394 e. The fourth-order valence-corrected chi connectivity index (χ4v) is 11.0. The predicted molar refractivity (Wildman–Crippen MR) is 248 cm³/mol. The van der Waals surface area contributed by atoms with E-state index in [9.17, 15) is 10.2 Å². The molecule has 5 fully saturated rings. The van der Waals surface area contributed by atoms with Crippen LogP contribution in [-0.4, -0.2) is 183 Å². The smallest absolute Gasteiger partial charge is 0.185 e. The molecule has 17 heteroatoms. The molecule has 0 bridgehead atoms. The fraction of sp³-hybridized carbons (Fsp3) is 0.882. The van der Waals surface area contributed by atoms with Gasteiger partial charge >= 0.3 is 0 Å². The van der Waals surface area contributed by atoms with E-state index in [1.807, 2.05) is 39.0 Å². The van der Waals surface area contributed by atoms with Crippen molar-refractivity contribution >= 4 is 0 Å². The first-order valence-electron chi connectivity index (χ1n) is 24.9. The zero-order chi connectivity index (χ0) is 49.4. The molecular formula is C51H86O17. The van der Waals surface area contributed by atoms with Crippen LogP contribution < -0.4 is 0 Å². The third-order valence-corrected chi connectivity index (χ3v) is 16.0. The van der Waals surface area contributed by atoms with Gasteiger partial charge in [0.15, 0.2) is 25.2 Å². The van der Waals surface area contributed by atoms with E-state index < -0.39 is 86.2 Å². The molecule has 10 unspecified atom stereocenters. The van der Waals surface area contributed by atoms with Crippen molar-refractivity contribution < 1.29 is 81.3 Å². The number of methoxy groups -OCH3 is 5. The van der Waals surface area contributed by atoms with Gasteiger partial charge in [-0.1, -0.05) is 85.7 Å². The molecule has 5 aliphatic heterocycles. The molecule has 5 saturated heterocycles. The third kappa shape index (κ3) is 12.6. The summed E-state index contributed by atoms with van der Waals surface area (Å²) in [7, 11) is 8.20. The lowest BCUT2D eigenvalue weighted by atomic mass is 9.81. The molecule has 392 valence electrons. The van der Waals surface area contributed by atoms with Crippen LogP contribution in [0.2, 0.25) is 0 Å². The molecule has 68 heavy (non-hydrogen) atoms. The lowest BCUT2D eigenvalue weighted by Gasteiger charge is -2.52. The van der Waals surface area contributed by atoms with Gasteiger partial charge in [-0.25, -0.2) is 0 Å². The summed E-state index contributed by atoms with van der Waals surface area (Å²) < 4.78 is 96.4. The molecule has 17 nitrogen and oxygen atoms in total. The Morgan fingerprint density at radius 3 is 1.28 bits per heavy atom. The van der Waals surface area contributed by atoms with Crippen LogP contribution in [0.4, 0.5) is 0 Å². The average molecular weight is 971 g/mol.